The molecule has 0 spiro atoms. The zero-order valence-electron chi connectivity index (χ0n) is 10.5. The molecule has 0 aliphatic rings. The Morgan fingerprint density at radius 1 is 1.00 bits per heavy atom. The van der Waals surface area contributed by atoms with Crippen molar-refractivity contribution in [1.29, 1.82) is 0 Å². The summed E-state index contributed by atoms with van der Waals surface area (Å²) in [6.45, 7) is 0. The standard InChI is InChI=1S/C15H8Br2Cl2O2/c16-10-8(6-7-4-2-1-3-5-7)21-15-9(10)12(18)14(20)11(17)13(15)19/h1-5,20H,6H2. The lowest BCUT2D eigenvalue weighted by Gasteiger charge is -2.03. The Balaban J connectivity index is 2.21. The second-order valence-corrected chi connectivity index (χ2v) is 6.84. The zero-order chi connectivity index (χ0) is 15.1. The molecule has 0 aliphatic carbocycles. The highest BCUT2D eigenvalue weighted by Crippen LogP contribution is 2.48. The smallest absolute Gasteiger partial charge is 0.157 e. The maximum Gasteiger partial charge on any atom is 0.157 e. The van der Waals surface area contributed by atoms with Crippen molar-refractivity contribution < 1.29 is 9.52 Å². The predicted octanol–water partition coefficient (Wildman–Crippen LogP) is 6.56. The predicted molar refractivity (Wildman–Crippen MR) is 92.5 cm³/mol. The Hall–Kier alpha value is -0.680. The van der Waals surface area contributed by atoms with Gasteiger partial charge in [0.2, 0.25) is 0 Å². The third kappa shape index (κ3) is 2.59. The average molecular weight is 451 g/mol. The van der Waals surface area contributed by atoms with Crippen LogP contribution in [0.15, 0.2) is 43.7 Å². The van der Waals surface area contributed by atoms with Crippen LogP contribution in [0, 0.1) is 0 Å². The Morgan fingerprint density at radius 2 is 1.67 bits per heavy atom. The van der Waals surface area contributed by atoms with Crippen molar-refractivity contribution in [2.24, 2.45) is 0 Å². The van der Waals surface area contributed by atoms with Crippen LogP contribution < -0.4 is 0 Å². The van der Waals surface area contributed by atoms with Gasteiger partial charge in [0, 0.05) is 6.42 Å². The van der Waals surface area contributed by atoms with Gasteiger partial charge in [-0.2, -0.15) is 0 Å². The summed E-state index contributed by atoms with van der Waals surface area (Å²) in [6, 6.07) is 9.91. The Labute approximate surface area is 147 Å². The molecular formula is C15H8Br2Cl2O2. The van der Waals surface area contributed by atoms with Gasteiger partial charge in [-0.1, -0.05) is 53.5 Å². The van der Waals surface area contributed by atoms with E-state index in [1.165, 1.54) is 0 Å². The van der Waals surface area contributed by atoms with E-state index in [0.29, 0.717) is 37.1 Å². The third-order valence-corrected chi connectivity index (χ3v) is 5.72. The number of hydrogen-bond donors (Lipinski definition) is 1. The molecule has 21 heavy (non-hydrogen) atoms. The van der Waals surface area contributed by atoms with Gasteiger partial charge >= 0.3 is 0 Å². The molecule has 0 saturated heterocycles. The minimum Gasteiger partial charge on any atom is -0.505 e. The minimum atomic E-state index is -0.0954. The Kier molecular flexibility index (Phi) is 4.23. The van der Waals surface area contributed by atoms with E-state index in [1.807, 2.05) is 30.3 Å². The molecule has 1 aromatic heterocycles. The summed E-state index contributed by atoms with van der Waals surface area (Å²) >= 11 is 19.1. The maximum absolute atomic E-state index is 9.98. The van der Waals surface area contributed by atoms with E-state index in [2.05, 4.69) is 31.9 Å². The number of aromatic hydroxyl groups is 1. The number of hydrogen-bond acceptors (Lipinski definition) is 2. The van der Waals surface area contributed by atoms with Gasteiger partial charge in [0.25, 0.3) is 0 Å². The van der Waals surface area contributed by atoms with Crippen LogP contribution in [-0.4, -0.2) is 5.11 Å². The first-order valence-corrected chi connectivity index (χ1v) is 8.35. The zero-order valence-corrected chi connectivity index (χ0v) is 15.1. The minimum absolute atomic E-state index is 0.0954. The molecule has 3 rings (SSSR count). The fraction of sp³-hybridized carbons (Fsp3) is 0.0667. The first-order chi connectivity index (χ1) is 10.0. The van der Waals surface area contributed by atoms with Crippen LogP contribution in [-0.2, 0) is 6.42 Å². The first-order valence-electron chi connectivity index (χ1n) is 6.01. The monoisotopic (exact) mass is 448 g/mol. The molecule has 0 bridgehead atoms. The third-order valence-electron chi connectivity index (χ3n) is 3.15. The van der Waals surface area contributed by atoms with Gasteiger partial charge in [-0.15, -0.1) is 0 Å². The molecule has 0 aliphatic heterocycles. The molecule has 6 heteroatoms. The lowest BCUT2D eigenvalue weighted by molar-refractivity contribution is 0.472. The second kappa shape index (κ2) is 5.84. The normalized spacial score (nSPS) is 11.2. The summed E-state index contributed by atoms with van der Waals surface area (Å²) < 4.78 is 6.88. The fourth-order valence-corrected chi connectivity index (χ4v) is 3.83. The number of halogens is 4. The molecule has 108 valence electrons. The Bertz CT molecular complexity index is 829. The van der Waals surface area contributed by atoms with Crippen molar-refractivity contribution >= 4 is 66.0 Å². The summed E-state index contributed by atoms with van der Waals surface area (Å²) in [7, 11) is 0. The molecule has 2 aromatic carbocycles. The topological polar surface area (TPSA) is 33.4 Å². The number of rotatable bonds is 2. The summed E-state index contributed by atoms with van der Waals surface area (Å²) in [5.74, 6) is 0.611. The molecule has 0 unspecified atom stereocenters. The quantitative estimate of drug-likeness (QED) is 0.448. The van der Waals surface area contributed by atoms with Crippen LogP contribution in [0.3, 0.4) is 0 Å². The number of fused-ring (bicyclic) bond motifs is 1. The Morgan fingerprint density at radius 3 is 2.33 bits per heavy atom. The average Bonchev–Trinajstić information content (AvgIpc) is 2.81. The van der Waals surface area contributed by atoms with Crippen LogP contribution in [0.4, 0.5) is 0 Å². The molecule has 0 atom stereocenters. The fourth-order valence-electron chi connectivity index (χ4n) is 2.12. The van der Waals surface area contributed by atoms with E-state index in [0.717, 1.165) is 5.56 Å². The van der Waals surface area contributed by atoms with Crippen molar-refractivity contribution in [3.63, 3.8) is 0 Å². The lowest BCUT2D eigenvalue weighted by Crippen LogP contribution is -1.85. The molecule has 0 saturated carbocycles. The summed E-state index contributed by atoms with van der Waals surface area (Å²) in [6.07, 6.45) is 0.598. The van der Waals surface area contributed by atoms with Crippen LogP contribution in [0.1, 0.15) is 11.3 Å². The highest BCUT2D eigenvalue weighted by Gasteiger charge is 2.23. The maximum atomic E-state index is 9.98. The molecule has 2 nitrogen and oxygen atoms in total. The van der Waals surface area contributed by atoms with Crippen LogP contribution in [0.2, 0.25) is 10.0 Å². The highest BCUT2D eigenvalue weighted by molar-refractivity contribution is 9.11. The van der Waals surface area contributed by atoms with Gasteiger partial charge in [0.1, 0.15) is 10.8 Å². The van der Waals surface area contributed by atoms with Gasteiger partial charge in [0.05, 0.1) is 19.4 Å². The number of phenolic OH excluding ortho intramolecular Hbond substituents is 1. The van der Waals surface area contributed by atoms with Gasteiger partial charge in [-0.3, -0.25) is 0 Å². The van der Waals surface area contributed by atoms with Gasteiger partial charge < -0.3 is 9.52 Å². The highest BCUT2D eigenvalue weighted by atomic mass is 79.9. The van der Waals surface area contributed by atoms with Crippen LogP contribution in [0.25, 0.3) is 11.0 Å². The van der Waals surface area contributed by atoms with Crippen molar-refractivity contribution in [1.82, 2.24) is 0 Å². The molecule has 1 N–H and O–H groups in total. The van der Waals surface area contributed by atoms with Gasteiger partial charge in [-0.05, 0) is 37.4 Å². The molecule has 1 heterocycles. The molecule has 3 aromatic rings. The molecule has 0 fully saturated rings. The van der Waals surface area contributed by atoms with Crippen molar-refractivity contribution in [2.75, 3.05) is 0 Å². The van der Waals surface area contributed by atoms with Crippen LogP contribution in [0.5, 0.6) is 5.75 Å². The second-order valence-electron chi connectivity index (χ2n) is 4.50. The summed E-state index contributed by atoms with van der Waals surface area (Å²) in [5, 5.41) is 11.1. The summed E-state index contributed by atoms with van der Waals surface area (Å²) in [5.41, 5.74) is 1.55. The number of phenols is 1. The van der Waals surface area contributed by atoms with E-state index in [9.17, 15) is 5.11 Å². The van der Waals surface area contributed by atoms with E-state index in [-0.39, 0.29) is 10.8 Å². The summed E-state index contributed by atoms with van der Waals surface area (Å²) in [4.78, 5) is 0. The molecule has 0 radical (unpaired) electrons. The largest absolute Gasteiger partial charge is 0.505 e. The van der Waals surface area contributed by atoms with Gasteiger partial charge in [0.15, 0.2) is 11.3 Å². The SMILES string of the molecule is Oc1c(Br)c(Cl)c2oc(Cc3ccccc3)c(Br)c2c1Cl. The molecular weight excluding hydrogens is 443 g/mol. The van der Waals surface area contributed by atoms with E-state index in [1.54, 1.807) is 0 Å². The van der Waals surface area contributed by atoms with E-state index < -0.39 is 0 Å². The lowest BCUT2D eigenvalue weighted by atomic mass is 10.1. The van der Waals surface area contributed by atoms with Crippen molar-refractivity contribution in [3.8, 4) is 5.75 Å². The number of furan rings is 1. The first kappa shape index (κ1) is 15.2. The number of benzene rings is 2. The van der Waals surface area contributed by atoms with Crippen molar-refractivity contribution in [2.45, 2.75) is 6.42 Å². The molecule has 0 amide bonds. The van der Waals surface area contributed by atoms with E-state index >= 15 is 0 Å². The van der Waals surface area contributed by atoms with Crippen molar-refractivity contribution in [3.05, 3.63) is 60.6 Å². The van der Waals surface area contributed by atoms with E-state index in [4.69, 9.17) is 27.6 Å². The van der Waals surface area contributed by atoms with Gasteiger partial charge in [-0.25, -0.2) is 0 Å². The van der Waals surface area contributed by atoms with Crippen LogP contribution >= 0.6 is 55.1 Å².